The fourth-order valence-electron chi connectivity index (χ4n) is 3.47. The smallest absolute Gasteiger partial charge is 0.0218 e. The lowest BCUT2D eigenvalue weighted by Gasteiger charge is -2.44. The highest BCUT2D eigenvalue weighted by molar-refractivity contribution is 4.87. The minimum absolute atomic E-state index is 0.778. The predicted molar refractivity (Wildman–Crippen MR) is 73.4 cm³/mol. The maximum atomic E-state index is 3.43. The van der Waals surface area contributed by atoms with E-state index in [-0.39, 0.29) is 0 Å². The summed E-state index contributed by atoms with van der Waals surface area (Å²) < 4.78 is 0. The van der Waals surface area contributed by atoms with E-state index in [1.807, 2.05) is 0 Å². The summed E-state index contributed by atoms with van der Waals surface area (Å²) in [4.78, 5) is 5.30. The largest absolute Gasteiger partial charge is 0.317 e. The molecule has 2 rings (SSSR count). The first-order chi connectivity index (χ1) is 8.24. The van der Waals surface area contributed by atoms with E-state index in [1.54, 1.807) is 0 Å². The summed E-state index contributed by atoms with van der Waals surface area (Å²) in [6, 6.07) is 2.42. The fourth-order valence-corrected chi connectivity index (χ4v) is 3.47. The van der Waals surface area contributed by atoms with E-state index < -0.39 is 0 Å². The van der Waals surface area contributed by atoms with E-state index in [0.717, 1.165) is 18.1 Å². The Labute approximate surface area is 107 Å². The van der Waals surface area contributed by atoms with Crippen molar-refractivity contribution < 1.29 is 0 Å². The third-order valence-corrected chi connectivity index (χ3v) is 4.90. The molecule has 0 radical (unpaired) electrons. The van der Waals surface area contributed by atoms with Gasteiger partial charge in [0.15, 0.2) is 0 Å². The second kappa shape index (κ2) is 6.17. The predicted octanol–water partition coefficient (Wildman–Crippen LogP) is 1.54. The number of rotatable bonds is 3. The zero-order valence-electron chi connectivity index (χ0n) is 11.8. The first-order valence-corrected chi connectivity index (χ1v) is 7.36. The first-order valence-electron chi connectivity index (χ1n) is 7.36. The van der Waals surface area contributed by atoms with Crippen LogP contribution >= 0.6 is 0 Å². The van der Waals surface area contributed by atoms with Gasteiger partial charge in [0.2, 0.25) is 0 Å². The van der Waals surface area contributed by atoms with Gasteiger partial charge in [-0.15, -0.1) is 0 Å². The number of likely N-dealkylation sites (N-methyl/N-ethyl adjacent to an activating group) is 1. The van der Waals surface area contributed by atoms with Crippen LogP contribution < -0.4 is 5.32 Å². The number of nitrogens with one attached hydrogen (secondary N) is 1. The molecule has 0 aromatic heterocycles. The summed E-state index contributed by atoms with van der Waals surface area (Å²) in [5.74, 6) is 0. The lowest BCUT2D eigenvalue weighted by molar-refractivity contribution is 0.0462. The molecule has 17 heavy (non-hydrogen) atoms. The van der Waals surface area contributed by atoms with Crippen molar-refractivity contribution in [3.63, 3.8) is 0 Å². The summed E-state index contributed by atoms with van der Waals surface area (Å²) in [6.07, 6.45) is 6.81. The third-order valence-electron chi connectivity index (χ3n) is 4.90. The van der Waals surface area contributed by atoms with Gasteiger partial charge in [0.1, 0.15) is 0 Å². The van der Waals surface area contributed by atoms with Crippen LogP contribution in [-0.2, 0) is 0 Å². The highest BCUT2D eigenvalue weighted by atomic mass is 15.3. The van der Waals surface area contributed by atoms with E-state index in [0.29, 0.717) is 0 Å². The van der Waals surface area contributed by atoms with Gasteiger partial charge in [0.25, 0.3) is 0 Å². The Bertz CT molecular complexity index is 224. The summed E-state index contributed by atoms with van der Waals surface area (Å²) in [5, 5.41) is 3.43. The normalized spacial score (nSPS) is 37.2. The van der Waals surface area contributed by atoms with Gasteiger partial charge in [0.05, 0.1) is 0 Å². The van der Waals surface area contributed by atoms with Crippen LogP contribution in [0.15, 0.2) is 0 Å². The molecule has 0 aromatic rings. The van der Waals surface area contributed by atoms with Gasteiger partial charge in [-0.05, 0) is 46.2 Å². The van der Waals surface area contributed by atoms with Gasteiger partial charge in [0, 0.05) is 37.8 Å². The van der Waals surface area contributed by atoms with Gasteiger partial charge in [-0.25, -0.2) is 0 Å². The number of piperazine rings is 1. The topological polar surface area (TPSA) is 18.5 Å². The van der Waals surface area contributed by atoms with Crippen molar-refractivity contribution in [2.45, 2.75) is 57.2 Å². The third kappa shape index (κ3) is 3.21. The Morgan fingerprint density at radius 1 is 1.12 bits per heavy atom. The Balaban J connectivity index is 1.83. The van der Waals surface area contributed by atoms with Crippen molar-refractivity contribution in [2.24, 2.45) is 0 Å². The Hall–Kier alpha value is -0.120. The summed E-state index contributed by atoms with van der Waals surface area (Å²) >= 11 is 0. The minimum Gasteiger partial charge on any atom is -0.317 e. The molecule has 1 atom stereocenters. The molecule has 3 heteroatoms. The lowest BCUT2D eigenvalue weighted by Crippen LogP contribution is -2.55. The Morgan fingerprint density at radius 2 is 1.82 bits per heavy atom. The van der Waals surface area contributed by atoms with Crippen molar-refractivity contribution in [1.82, 2.24) is 15.1 Å². The highest BCUT2D eigenvalue weighted by Crippen LogP contribution is 2.25. The number of nitrogens with zero attached hydrogens (tertiary/aromatic N) is 2. The standard InChI is InChI=1S/C14H29N3/c1-4-13-11-17(10-9-16(13)3)14-7-5-12(15-2)6-8-14/h12-15H,4-11H2,1-3H3. The molecule has 3 nitrogen and oxygen atoms in total. The lowest BCUT2D eigenvalue weighted by atomic mass is 9.89. The average Bonchev–Trinajstić information content (AvgIpc) is 2.39. The van der Waals surface area contributed by atoms with E-state index in [4.69, 9.17) is 0 Å². The first kappa shape index (κ1) is 13.3. The van der Waals surface area contributed by atoms with Crippen LogP contribution in [0.1, 0.15) is 39.0 Å². The van der Waals surface area contributed by atoms with Crippen molar-refractivity contribution in [3.05, 3.63) is 0 Å². The van der Waals surface area contributed by atoms with Crippen molar-refractivity contribution >= 4 is 0 Å². The van der Waals surface area contributed by atoms with Crippen LogP contribution in [0, 0.1) is 0 Å². The second-order valence-electron chi connectivity index (χ2n) is 5.83. The molecule has 2 aliphatic rings. The van der Waals surface area contributed by atoms with Crippen LogP contribution in [0.2, 0.25) is 0 Å². The van der Waals surface area contributed by atoms with Crippen LogP contribution in [0.25, 0.3) is 0 Å². The molecule has 1 unspecified atom stereocenters. The number of hydrogen-bond acceptors (Lipinski definition) is 3. The van der Waals surface area contributed by atoms with Crippen molar-refractivity contribution in [3.8, 4) is 0 Å². The summed E-state index contributed by atoms with van der Waals surface area (Å²) in [7, 11) is 4.39. The van der Waals surface area contributed by atoms with Crippen molar-refractivity contribution in [1.29, 1.82) is 0 Å². The van der Waals surface area contributed by atoms with Gasteiger partial charge < -0.3 is 10.2 Å². The van der Waals surface area contributed by atoms with Crippen LogP contribution in [0.4, 0.5) is 0 Å². The monoisotopic (exact) mass is 239 g/mol. The van der Waals surface area contributed by atoms with E-state index >= 15 is 0 Å². The number of hydrogen-bond donors (Lipinski definition) is 1. The Morgan fingerprint density at radius 3 is 2.41 bits per heavy atom. The fraction of sp³-hybridized carbons (Fsp3) is 1.00. The van der Waals surface area contributed by atoms with Crippen LogP contribution in [0.3, 0.4) is 0 Å². The van der Waals surface area contributed by atoms with E-state index in [1.165, 1.54) is 51.7 Å². The summed E-state index contributed by atoms with van der Waals surface area (Å²) in [6.45, 7) is 6.15. The van der Waals surface area contributed by atoms with E-state index in [2.05, 4.69) is 36.1 Å². The molecular formula is C14H29N3. The second-order valence-corrected chi connectivity index (χ2v) is 5.83. The molecule has 0 spiro atoms. The molecule has 1 aliphatic heterocycles. The van der Waals surface area contributed by atoms with Gasteiger partial charge in [-0.1, -0.05) is 6.92 Å². The molecule has 0 amide bonds. The molecule has 1 heterocycles. The SMILES string of the molecule is CCC1CN(C2CCC(NC)CC2)CCN1C. The molecule has 0 bridgehead atoms. The molecule has 1 saturated heterocycles. The quantitative estimate of drug-likeness (QED) is 0.806. The van der Waals surface area contributed by atoms with Crippen LogP contribution in [-0.4, -0.2) is 61.7 Å². The zero-order valence-corrected chi connectivity index (χ0v) is 11.8. The van der Waals surface area contributed by atoms with Gasteiger partial charge in [-0.3, -0.25) is 4.90 Å². The molecule has 100 valence electrons. The maximum Gasteiger partial charge on any atom is 0.0218 e. The molecule has 0 aromatic carbocycles. The van der Waals surface area contributed by atoms with Gasteiger partial charge >= 0.3 is 0 Å². The minimum atomic E-state index is 0.778. The molecule has 2 fully saturated rings. The average molecular weight is 239 g/mol. The van der Waals surface area contributed by atoms with Crippen molar-refractivity contribution in [2.75, 3.05) is 33.7 Å². The zero-order chi connectivity index (χ0) is 12.3. The molecular weight excluding hydrogens is 210 g/mol. The molecule has 1 aliphatic carbocycles. The maximum absolute atomic E-state index is 3.43. The summed E-state index contributed by atoms with van der Waals surface area (Å²) in [5.41, 5.74) is 0. The molecule has 1 N–H and O–H groups in total. The molecule has 1 saturated carbocycles. The van der Waals surface area contributed by atoms with Crippen LogP contribution in [0.5, 0.6) is 0 Å². The van der Waals surface area contributed by atoms with E-state index in [9.17, 15) is 0 Å². The highest BCUT2D eigenvalue weighted by Gasteiger charge is 2.30. The Kier molecular flexibility index (Phi) is 4.83. The van der Waals surface area contributed by atoms with Gasteiger partial charge in [-0.2, -0.15) is 0 Å².